The molecule has 5 heteroatoms. The molecular formula is C21H21NO4. The molecule has 0 bridgehead atoms. The van der Waals surface area contributed by atoms with Crippen molar-refractivity contribution in [2.24, 2.45) is 0 Å². The normalized spacial score (nSPS) is 19.0. The summed E-state index contributed by atoms with van der Waals surface area (Å²) in [6.45, 7) is 3.52. The minimum atomic E-state index is -0.931. The van der Waals surface area contributed by atoms with E-state index < -0.39 is 11.5 Å². The molecule has 5 nitrogen and oxygen atoms in total. The van der Waals surface area contributed by atoms with E-state index in [2.05, 4.69) is 5.32 Å². The Labute approximate surface area is 152 Å². The van der Waals surface area contributed by atoms with Crippen LogP contribution in [0.25, 0.3) is 0 Å². The lowest BCUT2D eigenvalue weighted by molar-refractivity contribution is -0.147. The van der Waals surface area contributed by atoms with Crippen molar-refractivity contribution in [3.05, 3.63) is 71.4 Å². The summed E-state index contributed by atoms with van der Waals surface area (Å²) in [5, 5.41) is 3.09. The number of hydrogen-bond acceptors (Lipinski definition) is 5. The Balaban J connectivity index is 1.89. The van der Waals surface area contributed by atoms with Crippen LogP contribution in [0.3, 0.4) is 0 Å². The van der Waals surface area contributed by atoms with E-state index >= 15 is 0 Å². The zero-order chi connectivity index (χ0) is 18.7. The number of esters is 1. The molecule has 2 aromatic rings. The van der Waals surface area contributed by atoms with Gasteiger partial charge < -0.3 is 14.8 Å². The van der Waals surface area contributed by atoms with Gasteiger partial charge in [0.25, 0.3) is 0 Å². The average molecular weight is 351 g/mol. The van der Waals surface area contributed by atoms with Gasteiger partial charge in [-0.3, -0.25) is 4.79 Å². The first-order valence-electron chi connectivity index (χ1n) is 8.37. The number of methoxy groups -OCH3 is 1. The Morgan fingerprint density at radius 1 is 1.04 bits per heavy atom. The molecule has 1 unspecified atom stereocenters. The summed E-state index contributed by atoms with van der Waals surface area (Å²) in [6.07, 6.45) is 0.268. The highest BCUT2D eigenvalue weighted by Gasteiger charge is 2.42. The summed E-state index contributed by atoms with van der Waals surface area (Å²) in [6, 6.07) is 16.4. The molecule has 0 fully saturated rings. The smallest absolute Gasteiger partial charge is 0.331 e. The minimum absolute atomic E-state index is 0.158. The lowest BCUT2D eigenvalue weighted by atomic mass is 9.92. The van der Waals surface area contributed by atoms with Crippen molar-refractivity contribution in [3.8, 4) is 11.5 Å². The van der Waals surface area contributed by atoms with Crippen LogP contribution in [0.4, 0.5) is 0 Å². The van der Waals surface area contributed by atoms with Gasteiger partial charge >= 0.3 is 5.97 Å². The second-order valence-electron chi connectivity index (χ2n) is 6.47. The van der Waals surface area contributed by atoms with Crippen molar-refractivity contribution in [2.75, 3.05) is 7.11 Å². The largest absolute Gasteiger partial charge is 0.467 e. The molecule has 0 aliphatic carbocycles. The lowest BCUT2D eigenvalue weighted by Gasteiger charge is -2.22. The number of ketones is 1. The summed E-state index contributed by atoms with van der Waals surface area (Å²) >= 11 is 0. The monoisotopic (exact) mass is 351 g/mol. The third kappa shape index (κ3) is 3.33. The van der Waals surface area contributed by atoms with Crippen LogP contribution in [-0.4, -0.2) is 24.4 Å². The number of benzene rings is 2. The third-order valence-electron chi connectivity index (χ3n) is 4.46. The molecule has 134 valence electrons. The molecule has 1 aliphatic heterocycles. The van der Waals surface area contributed by atoms with E-state index in [1.165, 1.54) is 7.11 Å². The van der Waals surface area contributed by atoms with E-state index in [4.69, 9.17) is 9.47 Å². The fourth-order valence-corrected chi connectivity index (χ4v) is 3.14. The number of para-hydroxylation sites is 2. The van der Waals surface area contributed by atoms with Crippen LogP contribution in [0.2, 0.25) is 0 Å². The maximum absolute atomic E-state index is 13.1. The molecular weight excluding hydrogens is 330 g/mol. The van der Waals surface area contributed by atoms with Crippen molar-refractivity contribution >= 4 is 11.8 Å². The van der Waals surface area contributed by atoms with Crippen molar-refractivity contribution in [1.82, 2.24) is 5.32 Å². The third-order valence-corrected chi connectivity index (χ3v) is 4.46. The van der Waals surface area contributed by atoms with Crippen molar-refractivity contribution in [2.45, 2.75) is 25.8 Å². The molecule has 26 heavy (non-hydrogen) atoms. The van der Waals surface area contributed by atoms with Gasteiger partial charge in [-0.05, 0) is 38.1 Å². The van der Waals surface area contributed by atoms with Crippen molar-refractivity contribution < 1.29 is 19.1 Å². The second kappa shape index (κ2) is 7.04. The predicted molar refractivity (Wildman–Crippen MR) is 98.2 cm³/mol. The number of carbonyl (C=O) groups excluding carboxylic acids is 2. The van der Waals surface area contributed by atoms with Crippen LogP contribution >= 0.6 is 0 Å². The highest BCUT2D eigenvalue weighted by molar-refractivity contribution is 6.12. The molecule has 0 spiro atoms. The van der Waals surface area contributed by atoms with Gasteiger partial charge in [-0.15, -0.1) is 0 Å². The summed E-state index contributed by atoms with van der Waals surface area (Å²) in [4.78, 5) is 25.2. The van der Waals surface area contributed by atoms with Gasteiger partial charge in [0.05, 0.1) is 12.7 Å². The molecule has 1 N–H and O–H groups in total. The van der Waals surface area contributed by atoms with Crippen LogP contribution in [-0.2, 0) is 9.53 Å². The maximum Gasteiger partial charge on any atom is 0.331 e. The van der Waals surface area contributed by atoms with E-state index in [-0.39, 0.29) is 12.2 Å². The Kier molecular flexibility index (Phi) is 4.80. The molecule has 1 aliphatic rings. The van der Waals surface area contributed by atoms with Gasteiger partial charge in [0.1, 0.15) is 17.0 Å². The van der Waals surface area contributed by atoms with Gasteiger partial charge in [0.15, 0.2) is 5.78 Å². The maximum atomic E-state index is 13.1. The molecule has 0 saturated heterocycles. The van der Waals surface area contributed by atoms with Crippen LogP contribution in [0.15, 0.2) is 65.9 Å². The van der Waals surface area contributed by atoms with Gasteiger partial charge in [0.2, 0.25) is 0 Å². The standard InChI is InChI=1S/C21H21NO4/c1-14-17(13-21(2,22-14)20(24)25-3)19(23)16-11-7-8-12-18(16)26-15-9-5-4-6-10-15/h4-12,22H,13H2,1-3H3. The molecule has 0 saturated carbocycles. The quantitative estimate of drug-likeness (QED) is 0.654. The van der Waals surface area contributed by atoms with Crippen LogP contribution < -0.4 is 10.1 Å². The molecule has 1 heterocycles. The Bertz CT molecular complexity index is 873. The number of nitrogens with one attached hydrogen (secondary N) is 1. The van der Waals surface area contributed by atoms with Gasteiger partial charge in [0, 0.05) is 17.7 Å². The number of hydrogen-bond donors (Lipinski definition) is 1. The molecule has 2 aromatic carbocycles. The van der Waals surface area contributed by atoms with Gasteiger partial charge in [-0.25, -0.2) is 4.79 Å². The topological polar surface area (TPSA) is 64.6 Å². The first-order chi connectivity index (χ1) is 12.4. The SMILES string of the molecule is COC(=O)C1(C)CC(C(=O)c2ccccc2Oc2ccccc2)=C(C)N1. The van der Waals surface area contributed by atoms with Crippen molar-refractivity contribution in [1.29, 1.82) is 0 Å². The molecule has 1 atom stereocenters. The zero-order valence-corrected chi connectivity index (χ0v) is 15.0. The van der Waals surface area contributed by atoms with E-state index in [9.17, 15) is 9.59 Å². The number of carbonyl (C=O) groups is 2. The van der Waals surface area contributed by atoms with Gasteiger partial charge in [-0.2, -0.15) is 0 Å². The fourth-order valence-electron chi connectivity index (χ4n) is 3.14. The summed E-state index contributed by atoms with van der Waals surface area (Å²) in [7, 11) is 1.34. The first kappa shape index (κ1) is 17.7. The minimum Gasteiger partial charge on any atom is -0.467 e. The molecule has 0 aromatic heterocycles. The highest BCUT2D eigenvalue weighted by atomic mass is 16.5. The second-order valence-corrected chi connectivity index (χ2v) is 6.47. The highest BCUT2D eigenvalue weighted by Crippen LogP contribution is 2.34. The Morgan fingerprint density at radius 2 is 1.69 bits per heavy atom. The lowest BCUT2D eigenvalue weighted by Crippen LogP contribution is -2.45. The number of Topliss-reactive ketones (excluding diaryl/α,β-unsaturated/α-hetero) is 1. The van der Waals surface area contributed by atoms with Crippen LogP contribution in [0.1, 0.15) is 30.6 Å². The first-order valence-corrected chi connectivity index (χ1v) is 8.37. The summed E-state index contributed by atoms with van der Waals surface area (Å²) in [5.74, 6) is 0.584. The number of allylic oxidation sites excluding steroid dienone is 1. The van der Waals surface area contributed by atoms with Crippen LogP contribution in [0.5, 0.6) is 11.5 Å². The summed E-state index contributed by atoms with van der Waals surface area (Å²) in [5.41, 5.74) is 0.764. The van der Waals surface area contributed by atoms with Gasteiger partial charge in [-0.1, -0.05) is 30.3 Å². The Hall–Kier alpha value is -3.08. The summed E-state index contributed by atoms with van der Waals surface area (Å²) < 4.78 is 10.7. The predicted octanol–water partition coefficient (Wildman–Crippen LogP) is 3.86. The van der Waals surface area contributed by atoms with E-state index in [0.29, 0.717) is 28.3 Å². The zero-order valence-electron chi connectivity index (χ0n) is 15.0. The van der Waals surface area contributed by atoms with Crippen LogP contribution in [0, 0.1) is 0 Å². The van der Waals surface area contributed by atoms with Crippen molar-refractivity contribution in [3.63, 3.8) is 0 Å². The molecule has 0 amide bonds. The number of ether oxygens (including phenoxy) is 2. The molecule has 3 rings (SSSR count). The Morgan fingerprint density at radius 3 is 2.38 bits per heavy atom. The number of rotatable bonds is 5. The van der Waals surface area contributed by atoms with E-state index in [0.717, 1.165) is 0 Å². The average Bonchev–Trinajstić information content (AvgIpc) is 2.97. The molecule has 0 radical (unpaired) electrons. The van der Waals surface area contributed by atoms with E-state index in [1.54, 1.807) is 32.0 Å². The van der Waals surface area contributed by atoms with E-state index in [1.807, 2.05) is 36.4 Å². The fraction of sp³-hybridized carbons (Fsp3) is 0.238.